The van der Waals surface area contributed by atoms with Gasteiger partial charge in [0.05, 0.1) is 18.6 Å². The highest BCUT2D eigenvalue weighted by Crippen LogP contribution is 2.35. The fourth-order valence-electron chi connectivity index (χ4n) is 3.16. The highest BCUT2D eigenvalue weighted by molar-refractivity contribution is 5.94. The number of anilines is 1. The third kappa shape index (κ3) is 3.10. The van der Waals surface area contributed by atoms with Crippen LogP contribution in [0.4, 0.5) is 5.69 Å². The number of amides is 1. The fraction of sp³-hybridized carbons (Fsp3) is 0.500. The molecule has 1 atom stereocenters. The van der Waals surface area contributed by atoms with Gasteiger partial charge in [0.1, 0.15) is 0 Å². The summed E-state index contributed by atoms with van der Waals surface area (Å²) < 4.78 is 1.92. The molecule has 0 bridgehead atoms. The Balaban J connectivity index is 1.44. The maximum Gasteiger partial charge on any atom is 0.241 e. The Bertz CT molecular complexity index is 681. The zero-order valence-corrected chi connectivity index (χ0v) is 12.9. The van der Waals surface area contributed by atoms with Crippen LogP contribution in [0, 0.1) is 0 Å². The van der Waals surface area contributed by atoms with Crippen molar-refractivity contribution in [2.24, 2.45) is 0 Å². The molecule has 2 aromatic rings. The van der Waals surface area contributed by atoms with Gasteiger partial charge in [0.25, 0.3) is 0 Å². The predicted molar refractivity (Wildman–Crippen MR) is 84.6 cm³/mol. The summed E-state index contributed by atoms with van der Waals surface area (Å²) in [7, 11) is 0. The molecule has 7 heteroatoms. The number of rotatable bonds is 5. The van der Waals surface area contributed by atoms with Gasteiger partial charge in [-0.25, -0.2) is 4.68 Å². The molecule has 1 aromatic heterocycles. The lowest BCUT2D eigenvalue weighted by Crippen LogP contribution is -2.39. The molecule has 1 amide bonds. The van der Waals surface area contributed by atoms with E-state index in [0.29, 0.717) is 12.6 Å². The van der Waals surface area contributed by atoms with Crippen molar-refractivity contribution in [3.8, 4) is 0 Å². The van der Waals surface area contributed by atoms with Crippen molar-refractivity contribution in [1.29, 1.82) is 0 Å². The molecule has 1 saturated carbocycles. The molecule has 2 fully saturated rings. The highest BCUT2D eigenvalue weighted by atomic mass is 16.2. The summed E-state index contributed by atoms with van der Waals surface area (Å²) >= 11 is 0. The molecular weight excluding hydrogens is 292 g/mol. The fourth-order valence-corrected chi connectivity index (χ4v) is 3.16. The molecule has 1 aliphatic heterocycles. The normalized spacial score (nSPS) is 21.5. The van der Waals surface area contributed by atoms with Crippen molar-refractivity contribution in [3.63, 3.8) is 0 Å². The van der Waals surface area contributed by atoms with E-state index < -0.39 is 0 Å². The van der Waals surface area contributed by atoms with E-state index in [1.54, 1.807) is 0 Å². The Morgan fingerprint density at radius 2 is 2.04 bits per heavy atom. The van der Waals surface area contributed by atoms with E-state index in [1.165, 1.54) is 0 Å². The molecule has 1 aromatic carbocycles. The van der Waals surface area contributed by atoms with Crippen LogP contribution in [0.25, 0.3) is 0 Å². The van der Waals surface area contributed by atoms with E-state index in [9.17, 15) is 4.79 Å². The lowest BCUT2D eigenvalue weighted by Gasteiger charge is -2.23. The number of nitrogens with one attached hydrogen (secondary N) is 1. The monoisotopic (exact) mass is 312 g/mol. The van der Waals surface area contributed by atoms with Gasteiger partial charge in [0.15, 0.2) is 5.82 Å². The van der Waals surface area contributed by atoms with Crippen LogP contribution in [0.2, 0.25) is 0 Å². The van der Waals surface area contributed by atoms with Gasteiger partial charge in [-0.3, -0.25) is 9.69 Å². The summed E-state index contributed by atoms with van der Waals surface area (Å²) in [5.41, 5.74) is 0.840. The second kappa shape index (κ2) is 6.08. The number of likely N-dealkylation sites (tertiary alicyclic amines) is 1. The first-order valence-corrected chi connectivity index (χ1v) is 8.18. The van der Waals surface area contributed by atoms with Gasteiger partial charge in [-0.15, -0.1) is 5.10 Å². The maximum atomic E-state index is 12.6. The summed E-state index contributed by atoms with van der Waals surface area (Å²) in [6.45, 7) is 1.54. The molecule has 23 heavy (non-hydrogen) atoms. The van der Waals surface area contributed by atoms with Crippen LogP contribution in [0.1, 0.15) is 37.5 Å². The molecule has 7 nitrogen and oxygen atoms in total. The minimum atomic E-state index is -0.112. The topological polar surface area (TPSA) is 75.9 Å². The average molecular weight is 312 g/mol. The molecule has 0 spiro atoms. The molecule has 4 rings (SSSR count). The van der Waals surface area contributed by atoms with Gasteiger partial charge in [0, 0.05) is 5.69 Å². The standard InChI is InChI=1S/C16H20N6O/c23-16(17-12-5-2-1-3-6-12)14-7-4-10-21(14)11-15-18-19-20-22(15)13-8-9-13/h1-3,5-6,13-14H,4,7-11H2,(H,17,23)/t14-/m0/s1. The van der Waals surface area contributed by atoms with Gasteiger partial charge in [-0.1, -0.05) is 18.2 Å². The van der Waals surface area contributed by atoms with Crippen LogP contribution in [-0.2, 0) is 11.3 Å². The van der Waals surface area contributed by atoms with Gasteiger partial charge in [0.2, 0.25) is 5.91 Å². The molecule has 0 radical (unpaired) electrons. The maximum absolute atomic E-state index is 12.6. The second-order valence-electron chi connectivity index (χ2n) is 6.25. The Morgan fingerprint density at radius 3 is 2.83 bits per heavy atom. The third-order valence-corrected chi connectivity index (χ3v) is 4.51. The number of hydrogen-bond acceptors (Lipinski definition) is 5. The summed E-state index contributed by atoms with van der Waals surface area (Å²) in [5, 5.41) is 15.0. The van der Waals surface area contributed by atoms with E-state index in [0.717, 1.165) is 43.7 Å². The van der Waals surface area contributed by atoms with Crippen molar-refractivity contribution in [2.45, 2.75) is 44.3 Å². The Morgan fingerprint density at radius 1 is 1.22 bits per heavy atom. The van der Waals surface area contributed by atoms with Gasteiger partial charge >= 0.3 is 0 Å². The van der Waals surface area contributed by atoms with Crippen molar-refractivity contribution in [2.75, 3.05) is 11.9 Å². The number of carbonyl (C=O) groups excluding carboxylic acids is 1. The molecule has 1 N–H and O–H groups in total. The summed E-state index contributed by atoms with van der Waals surface area (Å²) in [5.74, 6) is 0.922. The Labute approximate surface area is 134 Å². The third-order valence-electron chi connectivity index (χ3n) is 4.51. The lowest BCUT2D eigenvalue weighted by molar-refractivity contribution is -0.120. The van der Waals surface area contributed by atoms with Crippen molar-refractivity contribution >= 4 is 11.6 Å². The number of aromatic nitrogens is 4. The first-order valence-electron chi connectivity index (χ1n) is 8.18. The summed E-state index contributed by atoms with van der Waals surface area (Å²) in [6, 6.07) is 9.95. The molecular formula is C16H20N6O. The van der Waals surface area contributed by atoms with Crippen LogP contribution in [0.15, 0.2) is 30.3 Å². The van der Waals surface area contributed by atoms with E-state index in [-0.39, 0.29) is 11.9 Å². The number of nitrogens with zero attached hydrogens (tertiary/aromatic N) is 5. The smallest absolute Gasteiger partial charge is 0.241 e. The lowest BCUT2D eigenvalue weighted by atomic mass is 10.2. The van der Waals surface area contributed by atoms with E-state index >= 15 is 0 Å². The quantitative estimate of drug-likeness (QED) is 0.908. The van der Waals surface area contributed by atoms with Crippen molar-refractivity contribution in [3.05, 3.63) is 36.2 Å². The molecule has 2 aliphatic rings. The summed E-state index contributed by atoms with van der Waals surface area (Å²) in [6.07, 6.45) is 4.20. The largest absolute Gasteiger partial charge is 0.325 e. The molecule has 0 unspecified atom stereocenters. The van der Waals surface area contributed by atoms with Crippen LogP contribution < -0.4 is 5.32 Å². The Kier molecular flexibility index (Phi) is 3.78. The van der Waals surface area contributed by atoms with Crippen LogP contribution in [-0.4, -0.2) is 43.6 Å². The minimum absolute atomic E-state index is 0.0548. The van der Waals surface area contributed by atoms with Crippen LogP contribution in [0.3, 0.4) is 0 Å². The zero-order valence-electron chi connectivity index (χ0n) is 12.9. The predicted octanol–water partition coefficient (Wildman–Crippen LogP) is 1.61. The van der Waals surface area contributed by atoms with E-state index in [2.05, 4.69) is 25.7 Å². The number of carbonyl (C=O) groups is 1. The van der Waals surface area contributed by atoms with Gasteiger partial charge in [-0.2, -0.15) is 0 Å². The number of para-hydroxylation sites is 1. The van der Waals surface area contributed by atoms with E-state index in [1.807, 2.05) is 35.0 Å². The summed E-state index contributed by atoms with van der Waals surface area (Å²) in [4.78, 5) is 14.8. The first kappa shape index (κ1) is 14.3. The highest BCUT2D eigenvalue weighted by Gasteiger charge is 2.34. The molecule has 1 saturated heterocycles. The van der Waals surface area contributed by atoms with Crippen LogP contribution >= 0.6 is 0 Å². The molecule has 1 aliphatic carbocycles. The average Bonchev–Trinajstić information content (AvgIpc) is 3.12. The first-order chi connectivity index (χ1) is 11.3. The minimum Gasteiger partial charge on any atom is -0.325 e. The van der Waals surface area contributed by atoms with E-state index in [4.69, 9.17) is 0 Å². The van der Waals surface area contributed by atoms with Crippen molar-refractivity contribution in [1.82, 2.24) is 25.1 Å². The second-order valence-corrected chi connectivity index (χ2v) is 6.25. The SMILES string of the molecule is O=C(Nc1ccccc1)[C@@H]1CCCN1Cc1nnnn1C1CC1. The van der Waals surface area contributed by atoms with Gasteiger partial charge in [-0.05, 0) is 54.8 Å². The van der Waals surface area contributed by atoms with Crippen molar-refractivity contribution < 1.29 is 4.79 Å². The zero-order chi connectivity index (χ0) is 15.6. The number of benzene rings is 1. The van der Waals surface area contributed by atoms with Crippen LogP contribution in [0.5, 0.6) is 0 Å². The molecule has 120 valence electrons. The number of hydrogen-bond donors (Lipinski definition) is 1. The molecule has 2 heterocycles. The Hall–Kier alpha value is -2.28. The number of tetrazole rings is 1. The van der Waals surface area contributed by atoms with Gasteiger partial charge < -0.3 is 5.32 Å².